The molecular formula is C9H21NO4. The average molecular weight is 207 g/mol. The molecule has 0 aromatic rings. The molecule has 0 bridgehead atoms. The minimum absolute atomic E-state index is 0.310. The van der Waals surface area contributed by atoms with Crippen LogP contribution in [0.4, 0.5) is 0 Å². The molecule has 14 heavy (non-hydrogen) atoms. The second kappa shape index (κ2) is 6.31. The minimum Gasteiger partial charge on any atom is -0.394 e. The van der Waals surface area contributed by atoms with Crippen molar-refractivity contribution in [2.75, 3.05) is 6.61 Å². The molecule has 0 amide bonds. The normalized spacial score (nSPS) is 42.6. The Hall–Kier alpha value is -0.200. The number of aliphatic hydroxyl groups excluding tert-OH is 3. The van der Waals surface area contributed by atoms with Crippen LogP contribution in [-0.2, 0) is 4.74 Å². The van der Waals surface area contributed by atoms with Gasteiger partial charge >= 0.3 is 0 Å². The van der Waals surface area contributed by atoms with Gasteiger partial charge in [-0.2, -0.15) is 0 Å². The molecule has 1 fully saturated rings. The number of hydrogen-bond acceptors (Lipinski definition) is 5. The molecular weight excluding hydrogens is 186 g/mol. The molecule has 0 saturated carbocycles. The first-order valence-electron chi connectivity index (χ1n) is 4.96. The van der Waals surface area contributed by atoms with Gasteiger partial charge in [0, 0.05) is 0 Å². The van der Waals surface area contributed by atoms with E-state index in [9.17, 15) is 10.2 Å². The van der Waals surface area contributed by atoms with E-state index in [1.807, 2.05) is 13.8 Å². The van der Waals surface area contributed by atoms with Crippen LogP contribution < -0.4 is 5.73 Å². The summed E-state index contributed by atoms with van der Waals surface area (Å²) in [6, 6.07) is -0.595. The number of rotatable bonds is 1. The second-order valence-electron chi connectivity index (χ2n) is 3.12. The molecule has 5 N–H and O–H groups in total. The fourth-order valence-corrected chi connectivity index (χ4v) is 1.32. The van der Waals surface area contributed by atoms with Gasteiger partial charge in [-0.15, -0.1) is 0 Å². The van der Waals surface area contributed by atoms with E-state index in [4.69, 9.17) is 15.6 Å². The summed E-state index contributed by atoms with van der Waals surface area (Å²) in [7, 11) is 0. The van der Waals surface area contributed by atoms with Crippen LogP contribution >= 0.6 is 0 Å². The molecule has 1 rings (SSSR count). The van der Waals surface area contributed by atoms with Crippen molar-refractivity contribution in [2.24, 2.45) is 5.73 Å². The van der Waals surface area contributed by atoms with Gasteiger partial charge in [-0.25, -0.2) is 0 Å². The molecule has 0 radical (unpaired) electrons. The number of ether oxygens (including phenoxy) is 1. The predicted molar refractivity (Wildman–Crippen MR) is 52.8 cm³/mol. The molecule has 5 nitrogen and oxygen atoms in total. The van der Waals surface area contributed by atoms with Gasteiger partial charge in [0.1, 0.15) is 18.3 Å². The van der Waals surface area contributed by atoms with Crippen molar-refractivity contribution >= 4 is 0 Å². The standard InChI is InChI=1S/C7H15NO4.C2H6/c1-3-5(8)7(11)6(10)4(2-9)12-3;1-2/h3-7,9-11H,2,8H2,1H3;1-2H3. The molecule has 1 heterocycles. The molecule has 5 unspecified atom stereocenters. The summed E-state index contributed by atoms with van der Waals surface area (Å²) in [4.78, 5) is 0. The van der Waals surface area contributed by atoms with E-state index in [0.717, 1.165) is 0 Å². The highest BCUT2D eigenvalue weighted by Gasteiger charge is 2.40. The number of aliphatic hydroxyl groups is 3. The lowest BCUT2D eigenvalue weighted by Crippen LogP contribution is -2.60. The van der Waals surface area contributed by atoms with Crippen LogP contribution in [0.2, 0.25) is 0 Å². The van der Waals surface area contributed by atoms with E-state index in [0.29, 0.717) is 0 Å². The smallest absolute Gasteiger partial charge is 0.110 e. The molecule has 86 valence electrons. The highest BCUT2D eigenvalue weighted by molar-refractivity contribution is 4.92. The fraction of sp³-hybridized carbons (Fsp3) is 1.00. The molecule has 0 aromatic carbocycles. The van der Waals surface area contributed by atoms with Gasteiger partial charge in [0.15, 0.2) is 0 Å². The van der Waals surface area contributed by atoms with Crippen LogP contribution in [0.5, 0.6) is 0 Å². The zero-order valence-corrected chi connectivity index (χ0v) is 8.92. The summed E-state index contributed by atoms with van der Waals surface area (Å²) < 4.78 is 5.15. The van der Waals surface area contributed by atoms with Gasteiger partial charge in [-0.3, -0.25) is 0 Å². The molecule has 1 saturated heterocycles. The molecule has 0 aliphatic carbocycles. The van der Waals surface area contributed by atoms with E-state index >= 15 is 0 Å². The average Bonchev–Trinajstić information content (AvgIpc) is 2.23. The van der Waals surface area contributed by atoms with Crippen molar-refractivity contribution in [3.8, 4) is 0 Å². The number of hydrogen-bond donors (Lipinski definition) is 4. The van der Waals surface area contributed by atoms with Gasteiger partial charge in [0.2, 0.25) is 0 Å². The van der Waals surface area contributed by atoms with Crippen molar-refractivity contribution in [1.29, 1.82) is 0 Å². The van der Waals surface area contributed by atoms with Crippen LogP contribution in [0.1, 0.15) is 20.8 Å². The lowest BCUT2D eigenvalue weighted by atomic mass is 9.94. The van der Waals surface area contributed by atoms with Crippen LogP contribution in [0.25, 0.3) is 0 Å². The van der Waals surface area contributed by atoms with Gasteiger partial charge < -0.3 is 25.8 Å². The summed E-state index contributed by atoms with van der Waals surface area (Å²) >= 11 is 0. The zero-order valence-electron chi connectivity index (χ0n) is 8.92. The Kier molecular flexibility index (Phi) is 6.22. The Morgan fingerprint density at radius 3 is 2.14 bits per heavy atom. The van der Waals surface area contributed by atoms with Crippen molar-refractivity contribution in [3.05, 3.63) is 0 Å². The molecule has 5 heteroatoms. The Morgan fingerprint density at radius 1 is 1.21 bits per heavy atom. The first-order chi connectivity index (χ1) is 6.57. The summed E-state index contributed by atoms with van der Waals surface area (Å²) in [5.74, 6) is 0. The lowest BCUT2D eigenvalue weighted by molar-refractivity contribution is -0.183. The van der Waals surface area contributed by atoms with E-state index in [1.54, 1.807) is 6.92 Å². The van der Waals surface area contributed by atoms with Crippen LogP contribution in [0.3, 0.4) is 0 Å². The van der Waals surface area contributed by atoms with E-state index in [-0.39, 0.29) is 12.7 Å². The molecule has 1 aliphatic rings. The molecule has 1 aliphatic heterocycles. The van der Waals surface area contributed by atoms with E-state index in [1.165, 1.54) is 0 Å². The third-order valence-electron chi connectivity index (χ3n) is 2.24. The van der Waals surface area contributed by atoms with Crippen molar-refractivity contribution in [3.63, 3.8) is 0 Å². The van der Waals surface area contributed by atoms with Gasteiger partial charge in [0.25, 0.3) is 0 Å². The first kappa shape index (κ1) is 13.8. The third kappa shape index (κ3) is 2.90. The quantitative estimate of drug-likeness (QED) is 0.435. The highest BCUT2D eigenvalue weighted by Crippen LogP contribution is 2.18. The predicted octanol–water partition coefficient (Wildman–Crippen LogP) is -1.16. The Bertz CT molecular complexity index is 151. The van der Waals surface area contributed by atoms with Crippen LogP contribution in [-0.4, -0.2) is 52.4 Å². The van der Waals surface area contributed by atoms with Crippen LogP contribution in [0.15, 0.2) is 0 Å². The van der Waals surface area contributed by atoms with E-state index < -0.39 is 24.4 Å². The van der Waals surface area contributed by atoms with Gasteiger partial charge in [0.05, 0.1) is 18.8 Å². The zero-order chi connectivity index (χ0) is 11.3. The monoisotopic (exact) mass is 207 g/mol. The van der Waals surface area contributed by atoms with Crippen molar-refractivity contribution in [1.82, 2.24) is 0 Å². The SMILES string of the molecule is CC.CC1OC(CO)C(O)C(O)C1N. The number of nitrogens with two attached hydrogens (primary N) is 1. The van der Waals surface area contributed by atoms with Crippen LogP contribution in [0, 0.1) is 0 Å². The minimum atomic E-state index is -1.10. The largest absolute Gasteiger partial charge is 0.394 e. The summed E-state index contributed by atoms with van der Waals surface area (Å²) in [5.41, 5.74) is 5.51. The third-order valence-corrected chi connectivity index (χ3v) is 2.24. The molecule has 0 aromatic heterocycles. The Labute approximate surface area is 84.5 Å². The topological polar surface area (TPSA) is 95.9 Å². The summed E-state index contributed by atoms with van der Waals surface area (Å²) in [6.45, 7) is 5.39. The fourth-order valence-electron chi connectivity index (χ4n) is 1.32. The molecule has 0 spiro atoms. The van der Waals surface area contributed by atoms with Gasteiger partial charge in [-0.05, 0) is 6.92 Å². The Balaban J connectivity index is 0.000000791. The first-order valence-corrected chi connectivity index (χ1v) is 4.96. The van der Waals surface area contributed by atoms with Crippen molar-refractivity contribution in [2.45, 2.75) is 51.2 Å². The lowest BCUT2D eigenvalue weighted by Gasteiger charge is -2.39. The maximum absolute atomic E-state index is 9.35. The maximum Gasteiger partial charge on any atom is 0.110 e. The molecule has 5 atom stereocenters. The maximum atomic E-state index is 9.35. The Morgan fingerprint density at radius 2 is 1.71 bits per heavy atom. The van der Waals surface area contributed by atoms with E-state index in [2.05, 4.69) is 0 Å². The second-order valence-corrected chi connectivity index (χ2v) is 3.12. The summed E-state index contributed by atoms with van der Waals surface area (Å²) in [5, 5.41) is 27.4. The van der Waals surface area contributed by atoms with Crippen molar-refractivity contribution < 1.29 is 20.1 Å². The van der Waals surface area contributed by atoms with Gasteiger partial charge in [-0.1, -0.05) is 13.8 Å². The summed E-state index contributed by atoms with van der Waals surface area (Å²) in [6.07, 6.45) is -3.19. The highest BCUT2D eigenvalue weighted by atomic mass is 16.5.